The van der Waals surface area contributed by atoms with Crippen molar-refractivity contribution >= 4 is 17.8 Å². The molecule has 16 heteroatoms. The van der Waals surface area contributed by atoms with Crippen molar-refractivity contribution in [1.29, 1.82) is 0 Å². The molecule has 1 amide bonds. The molecule has 1 aromatic heterocycles. The number of likely N-dealkylation sites (tertiary alicyclic amines) is 1. The number of aryl methyl sites for hydroxylation is 1. The third-order valence-corrected chi connectivity index (χ3v) is 5.66. The van der Waals surface area contributed by atoms with E-state index in [0.29, 0.717) is 6.04 Å². The highest BCUT2D eigenvalue weighted by atomic mass is 19.4. The van der Waals surface area contributed by atoms with Crippen molar-refractivity contribution in [3.05, 3.63) is 18.2 Å². The van der Waals surface area contributed by atoms with Crippen LogP contribution in [0.3, 0.4) is 0 Å². The van der Waals surface area contributed by atoms with Gasteiger partial charge in [-0.2, -0.15) is 26.3 Å². The number of hydrogen-bond donors (Lipinski definition) is 3. The zero-order chi connectivity index (χ0) is 27.3. The first-order valence-corrected chi connectivity index (χ1v) is 10.8. The maximum absolute atomic E-state index is 12.1. The molecule has 2 aliphatic heterocycles. The lowest BCUT2D eigenvalue weighted by Crippen LogP contribution is -2.48. The molecule has 10 nitrogen and oxygen atoms in total. The number of carboxylic acid groups (broad SMARTS) is 2. The van der Waals surface area contributed by atoms with E-state index in [1.54, 1.807) is 0 Å². The van der Waals surface area contributed by atoms with Crippen molar-refractivity contribution in [2.45, 2.75) is 62.8 Å². The summed E-state index contributed by atoms with van der Waals surface area (Å²) in [4.78, 5) is 36.8. The number of alkyl halides is 6. The molecule has 3 N–H and O–H groups in total. The van der Waals surface area contributed by atoms with Gasteiger partial charge >= 0.3 is 24.3 Å². The average Bonchev–Trinajstić information content (AvgIpc) is 3.47. The Labute approximate surface area is 201 Å². The molecule has 3 aliphatic rings. The Morgan fingerprint density at radius 2 is 1.64 bits per heavy atom. The maximum atomic E-state index is 12.1. The number of hydrogen-bond acceptors (Lipinski definition) is 6. The molecular weight excluding hydrogens is 506 g/mol. The van der Waals surface area contributed by atoms with Gasteiger partial charge in [-0.1, -0.05) is 0 Å². The van der Waals surface area contributed by atoms with Gasteiger partial charge < -0.3 is 24.8 Å². The molecule has 3 fully saturated rings. The number of imidazole rings is 1. The second-order valence-corrected chi connectivity index (χ2v) is 8.42. The number of amides is 1. The summed E-state index contributed by atoms with van der Waals surface area (Å²) in [5.41, 5.74) is 0. The third-order valence-electron chi connectivity index (χ3n) is 5.66. The number of rotatable bonds is 4. The smallest absolute Gasteiger partial charge is 0.475 e. The van der Waals surface area contributed by atoms with Crippen LogP contribution in [0, 0.1) is 5.92 Å². The lowest BCUT2D eigenvalue weighted by molar-refractivity contribution is -0.193. The number of fused-ring (bicyclic) bond motifs is 1. The molecular formula is C20H26F6N4O6. The van der Waals surface area contributed by atoms with Crippen LogP contribution in [-0.2, 0) is 32.7 Å². The Balaban J connectivity index is 0.000000271. The van der Waals surface area contributed by atoms with Crippen LogP contribution in [0.5, 0.6) is 0 Å². The van der Waals surface area contributed by atoms with E-state index in [1.165, 1.54) is 0 Å². The van der Waals surface area contributed by atoms with Crippen LogP contribution in [0.1, 0.15) is 31.5 Å². The summed E-state index contributed by atoms with van der Waals surface area (Å²) < 4.78 is 71.5. The zero-order valence-electron chi connectivity index (χ0n) is 19.1. The number of carboxylic acids is 2. The fourth-order valence-electron chi connectivity index (χ4n) is 3.74. The molecule has 1 aromatic rings. The van der Waals surface area contributed by atoms with Crippen LogP contribution in [-0.4, -0.2) is 86.2 Å². The topological polar surface area (TPSA) is 134 Å². The predicted molar refractivity (Wildman–Crippen MR) is 108 cm³/mol. The van der Waals surface area contributed by atoms with Crippen LogP contribution >= 0.6 is 0 Å². The second kappa shape index (κ2) is 11.9. The highest BCUT2D eigenvalue weighted by molar-refractivity contribution is 5.81. The summed E-state index contributed by atoms with van der Waals surface area (Å²) in [5.74, 6) is -3.97. The molecule has 4 rings (SSSR count). The van der Waals surface area contributed by atoms with Gasteiger partial charge in [0.1, 0.15) is 5.82 Å². The number of carbonyl (C=O) groups excluding carboxylic acids is 1. The molecule has 0 radical (unpaired) electrons. The van der Waals surface area contributed by atoms with Crippen LogP contribution in [0.4, 0.5) is 26.3 Å². The third kappa shape index (κ3) is 8.65. The average molecular weight is 532 g/mol. The van der Waals surface area contributed by atoms with Crippen molar-refractivity contribution in [1.82, 2.24) is 19.8 Å². The molecule has 3 heterocycles. The molecule has 0 bridgehead atoms. The summed E-state index contributed by atoms with van der Waals surface area (Å²) >= 11 is 0. The van der Waals surface area contributed by atoms with Gasteiger partial charge in [-0.05, 0) is 25.7 Å². The van der Waals surface area contributed by atoms with E-state index in [0.717, 1.165) is 51.2 Å². The molecule has 3 atom stereocenters. The maximum Gasteiger partial charge on any atom is 0.490 e. The van der Waals surface area contributed by atoms with Gasteiger partial charge in [0.05, 0.1) is 18.7 Å². The van der Waals surface area contributed by atoms with Crippen LogP contribution < -0.4 is 5.32 Å². The monoisotopic (exact) mass is 532 g/mol. The predicted octanol–water partition coefficient (Wildman–Crippen LogP) is 1.94. The quantitative estimate of drug-likeness (QED) is 0.501. The number of aliphatic carboxylic acids is 2. The highest BCUT2D eigenvalue weighted by Crippen LogP contribution is 2.33. The minimum Gasteiger partial charge on any atom is -0.475 e. The van der Waals surface area contributed by atoms with Crippen molar-refractivity contribution in [3.63, 3.8) is 0 Å². The first-order chi connectivity index (χ1) is 16.6. The van der Waals surface area contributed by atoms with Crippen LogP contribution in [0.15, 0.2) is 12.4 Å². The van der Waals surface area contributed by atoms with Gasteiger partial charge in [0.2, 0.25) is 5.91 Å². The Bertz CT molecular complexity index is 893. The SMILES string of the molecule is Cn1ccnc1CN1C[C@H](NC(=O)C2CC2)[C@@H]2OCCC[C@@H]21.O=C(O)C(F)(F)F.O=C(O)C(F)(F)F. The van der Waals surface area contributed by atoms with E-state index in [9.17, 15) is 31.1 Å². The van der Waals surface area contributed by atoms with Crippen molar-refractivity contribution < 1.29 is 55.7 Å². The molecule has 36 heavy (non-hydrogen) atoms. The van der Waals surface area contributed by atoms with Gasteiger partial charge in [-0.3, -0.25) is 9.69 Å². The minimum absolute atomic E-state index is 0.124. The summed E-state index contributed by atoms with van der Waals surface area (Å²) in [6, 6.07) is 0.522. The lowest BCUT2D eigenvalue weighted by atomic mass is 10.0. The Morgan fingerprint density at radius 3 is 2.08 bits per heavy atom. The Morgan fingerprint density at radius 1 is 1.08 bits per heavy atom. The van der Waals surface area contributed by atoms with Gasteiger partial charge in [-0.15, -0.1) is 0 Å². The number of halogens is 6. The van der Waals surface area contributed by atoms with Crippen molar-refractivity contribution in [3.8, 4) is 0 Å². The number of aromatic nitrogens is 2. The molecule has 2 saturated heterocycles. The minimum atomic E-state index is -5.08. The van der Waals surface area contributed by atoms with Crippen LogP contribution in [0.2, 0.25) is 0 Å². The first-order valence-electron chi connectivity index (χ1n) is 10.8. The highest BCUT2D eigenvalue weighted by Gasteiger charge is 2.46. The van der Waals surface area contributed by atoms with E-state index < -0.39 is 24.3 Å². The largest absolute Gasteiger partial charge is 0.490 e. The molecule has 0 aromatic carbocycles. The normalized spacial score (nSPS) is 23.9. The first kappa shape index (κ1) is 29.4. The number of ether oxygens (including phenoxy) is 1. The number of nitrogens with zero attached hydrogens (tertiary/aromatic N) is 3. The second-order valence-electron chi connectivity index (χ2n) is 8.42. The standard InChI is InChI=1S/C16H24N4O2.2C2HF3O2/c1-19-7-6-17-14(19)10-20-9-12(18-16(21)11-4-5-11)15-13(20)3-2-8-22-15;2*3-2(4,5)1(6)7/h6-7,11-13,15H,2-5,8-10H2,1H3,(H,18,21);2*(H,6,7)/t12-,13-,15-;;/m0../s1. The van der Waals surface area contributed by atoms with E-state index in [1.807, 2.05) is 19.4 Å². The fraction of sp³-hybridized carbons (Fsp3) is 0.700. The fourth-order valence-corrected chi connectivity index (χ4v) is 3.74. The van der Waals surface area contributed by atoms with Gasteiger partial charge in [0, 0.05) is 44.6 Å². The van der Waals surface area contributed by atoms with E-state index >= 15 is 0 Å². The molecule has 0 unspecified atom stereocenters. The zero-order valence-corrected chi connectivity index (χ0v) is 19.1. The van der Waals surface area contributed by atoms with Gasteiger partial charge in [0.25, 0.3) is 0 Å². The molecule has 0 spiro atoms. The number of carbonyl (C=O) groups is 3. The molecule has 204 valence electrons. The summed E-state index contributed by atoms with van der Waals surface area (Å²) in [6.07, 6.45) is -1.88. The van der Waals surface area contributed by atoms with E-state index in [-0.39, 0.29) is 24.0 Å². The van der Waals surface area contributed by atoms with Crippen LogP contribution in [0.25, 0.3) is 0 Å². The van der Waals surface area contributed by atoms with Gasteiger partial charge in [0.15, 0.2) is 0 Å². The van der Waals surface area contributed by atoms with E-state index in [2.05, 4.69) is 19.8 Å². The molecule has 1 saturated carbocycles. The lowest BCUT2D eigenvalue weighted by Gasteiger charge is -2.32. The Kier molecular flexibility index (Phi) is 9.70. The number of nitrogens with one attached hydrogen (secondary N) is 1. The summed E-state index contributed by atoms with van der Waals surface area (Å²) in [6.45, 7) is 2.50. The Hall–Kier alpha value is -2.88. The van der Waals surface area contributed by atoms with Crippen molar-refractivity contribution in [2.24, 2.45) is 13.0 Å². The van der Waals surface area contributed by atoms with E-state index in [4.69, 9.17) is 24.5 Å². The molecule has 1 aliphatic carbocycles. The van der Waals surface area contributed by atoms with Crippen molar-refractivity contribution in [2.75, 3.05) is 13.2 Å². The van der Waals surface area contributed by atoms with Gasteiger partial charge in [-0.25, -0.2) is 14.6 Å². The summed E-state index contributed by atoms with van der Waals surface area (Å²) in [7, 11) is 2.03. The summed E-state index contributed by atoms with van der Waals surface area (Å²) in [5, 5.41) is 17.5.